The minimum absolute atomic E-state index is 0.143. The van der Waals surface area contributed by atoms with Gasteiger partial charge in [0.2, 0.25) is 0 Å². The van der Waals surface area contributed by atoms with E-state index in [9.17, 15) is 4.79 Å². The van der Waals surface area contributed by atoms with E-state index in [-0.39, 0.29) is 5.97 Å². The Hall–Kier alpha value is -0.790. The number of allylic oxidation sites excluding steroid dienone is 1. The van der Waals surface area contributed by atoms with Crippen LogP contribution >= 0.6 is 0 Å². The van der Waals surface area contributed by atoms with Gasteiger partial charge in [0.05, 0.1) is 6.61 Å². The van der Waals surface area contributed by atoms with Crippen molar-refractivity contribution in [2.45, 2.75) is 181 Å². The number of hydrogen-bond donors (Lipinski definition) is 0. The first-order valence-corrected chi connectivity index (χ1v) is 16.1. The van der Waals surface area contributed by atoms with Gasteiger partial charge in [0.15, 0.2) is 0 Å². The number of unbranched alkanes of at least 4 members (excludes halogenated alkanes) is 19. The van der Waals surface area contributed by atoms with Crippen molar-refractivity contribution in [3.05, 3.63) is 12.2 Å². The Balaban J connectivity index is 3.66. The van der Waals surface area contributed by atoms with E-state index in [1.807, 2.05) is 6.08 Å². The van der Waals surface area contributed by atoms with E-state index in [0.717, 1.165) is 18.8 Å². The summed E-state index contributed by atoms with van der Waals surface area (Å²) in [5.74, 6) is 0.585. The van der Waals surface area contributed by atoms with Crippen molar-refractivity contribution in [2.75, 3.05) is 6.61 Å². The van der Waals surface area contributed by atoms with Crippen molar-refractivity contribution in [1.29, 1.82) is 0 Å². The van der Waals surface area contributed by atoms with Crippen LogP contribution in [0.5, 0.6) is 0 Å². The summed E-state index contributed by atoms with van der Waals surface area (Å²) in [7, 11) is 0. The molecule has 0 aromatic heterocycles. The zero-order chi connectivity index (χ0) is 25.7. The molecule has 0 saturated carbocycles. The highest BCUT2D eigenvalue weighted by Gasteiger charge is 2.10. The second kappa shape index (κ2) is 29.4. The third-order valence-corrected chi connectivity index (χ3v) is 7.43. The molecule has 2 nitrogen and oxygen atoms in total. The molecule has 35 heavy (non-hydrogen) atoms. The van der Waals surface area contributed by atoms with Gasteiger partial charge in [0, 0.05) is 6.08 Å². The highest BCUT2D eigenvalue weighted by molar-refractivity contribution is 5.81. The molecule has 0 amide bonds. The number of carbonyl (C=O) groups excluding carboxylic acids is 1. The van der Waals surface area contributed by atoms with Gasteiger partial charge in [-0.05, 0) is 25.2 Å². The van der Waals surface area contributed by atoms with Crippen molar-refractivity contribution in [1.82, 2.24) is 0 Å². The smallest absolute Gasteiger partial charge is 0.330 e. The summed E-state index contributed by atoms with van der Waals surface area (Å²) in [4.78, 5) is 12.0. The van der Waals surface area contributed by atoms with E-state index in [2.05, 4.69) is 20.8 Å². The minimum Gasteiger partial charge on any atom is -0.463 e. The Bertz CT molecular complexity index is 430. The number of carbonyl (C=O) groups is 1. The van der Waals surface area contributed by atoms with Crippen LogP contribution in [0, 0.1) is 5.92 Å². The summed E-state index contributed by atoms with van der Waals surface area (Å²) in [5, 5.41) is 0. The van der Waals surface area contributed by atoms with Gasteiger partial charge in [-0.2, -0.15) is 0 Å². The molecule has 0 atom stereocenters. The number of hydrogen-bond acceptors (Lipinski definition) is 2. The molecule has 0 fully saturated rings. The largest absolute Gasteiger partial charge is 0.463 e. The second-order valence-corrected chi connectivity index (χ2v) is 11.0. The summed E-state index contributed by atoms with van der Waals surface area (Å²) in [6.07, 6.45) is 36.9. The summed E-state index contributed by atoms with van der Waals surface area (Å²) < 4.78 is 5.52. The van der Waals surface area contributed by atoms with Crippen LogP contribution < -0.4 is 0 Å². The lowest BCUT2D eigenvalue weighted by molar-refractivity contribution is -0.138. The molecule has 0 aliphatic heterocycles. The maximum Gasteiger partial charge on any atom is 0.330 e. The molecule has 0 radical (unpaired) electrons. The Kier molecular flexibility index (Phi) is 28.8. The van der Waals surface area contributed by atoms with Crippen LogP contribution in [0.15, 0.2) is 12.2 Å². The number of esters is 1. The van der Waals surface area contributed by atoms with E-state index in [1.165, 1.54) is 148 Å². The average molecular weight is 493 g/mol. The Morgan fingerprint density at radius 3 is 1.40 bits per heavy atom. The molecule has 0 unspecified atom stereocenters. The lowest BCUT2D eigenvalue weighted by Gasteiger charge is -2.16. The molecule has 0 aromatic rings. The van der Waals surface area contributed by atoms with Crippen LogP contribution in [0.25, 0.3) is 0 Å². The van der Waals surface area contributed by atoms with Gasteiger partial charge >= 0.3 is 5.97 Å². The zero-order valence-electron chi connectivity index (χ0n) is 24.4. The minimum atomic E-state index is -0.143. The van der Waals surface area contributed by atoms with E-state index < -0.39 is 0 Å². The molecule has 0 aromatic carbocycles. The fourth-order valence-electron chi connectivity index (χ4n) is 4.99. The van der Waals surface area contributed by atoms with Gasteiger partial charge in [-0.15, -0.1) is 0 Å². The predicted molar refractivity (Wildman–Crippen MR) is 156 cm³/mol. The molecule has 2 heteroatoms. The molecule has 208 valence electrons. The molecule has 0 bridgehead atoms. The van der Waals surface area contributed by atoms with Crippen molar-refractivity contribution in [3.63, 3.8) is 0 Å². The summed E-state index contributed by atoms with van der Waals surface area (Å²) >= 11 is 0. The Morgan fingerprint density at radius 2 is 0.943 bits per heavy atom. The molecule has 0 aliphatic carbocycles. The standard InChI is InChI=1S/C33H64O2/c1-4-7-10-13-14-15-16-17-18-19-20-21-22-23-26-29-33(34)35-31-30-32(27-24-11-8-5-2)28-25-12-9-6-3/h26,29,32H,4-25,27-28,30-31H2,1-3H3. The molecule has 0 heterocycles. The highest BCUT2D eigenvalue weighted by atomic mass is 16.5. The lowest BCUT2D eigenvalue weighted by Crippen LogP contribution is -2.09. The van der Waals surface area contributed by atoms with E-state index in [4.69, 9.17) is 4.74 Å². The quantitative estimate of drug-likeness (QED) is 0.0616. The normalized spacial score (nSPS) is 11.7. The molecular weight excluding hydrogens is 428 g/mol. The van der Waals surface area contributed by atoms with Crippen LogP contribution in [0.3, 0.4) is 0 Å². The fourth-order valence-corrected chi connectivity index (χ4v) is 4.99. The summed E-state index contributed by atoms with van der Waals surface area (Å²) in [6, 6.07) is 0. The summed E-state index contributed by atoms with van der Waals surface area (Å²) in [5.41, 5.74) is 0. The number of rotatable bonds is 28. The van der Waals surface area contributed by atoms with Gasteiger partial charge in [-0.25, -0.2) is 4.79 Å². The topological polar surface area (TPSA) is 26.3 Å². The van der Waals surface area contributed by atoms with Crippen LogP contribution in [0.4, 0.5) is 0 Å². The van der Waals surface area contributed by atoms with Gasteiger partial charge in [-0.1, -0.05) is 168 Å². The monoisotopic (exact) mass is 492 g/mol. The van der Waals surface area contributed by atoms with Gasteiger partial charge in [0.25, 0.3) is 0 Å². The maximum absolute atomic E-state index is 12.0. The van der Waals surface area contributed by atoms with Crippen LogP contribution in [0.2, 0.25) is 0 Å². The first kappa shape index (κ1) is 34.2. The van der Waals surface area contributed by atoms with E-state index in [0.29, 0.717) is 6.61 Å². The number of ether oxygens (including phenoxy) is 1. The Morgan fingerprint density at radius 1 is 0.543 bits per heavy atom. The highest BCUT2D eigenvalue weighted by Crippen LogP contribution is 2.21. The Labute approximate surface area is 221 Å². The van der Waals surface area contributed by atoms with E-state index in [1.54, 1.807) is 6.08 Å². The summed E-state index contributed by atoms with van der Waals surface area (Å²) in [6.45, 7) is 7.42. The van der Waals surface area contributed by atoms with Gasteiger partial charge < -0.3 is 4.74 Å². The molecule has 0 N–H and O–H groups in total. The first-order chi connectivity index (χ1) is 17.2. The van der Waals surface area contributed by atoms with Gasteiger partial charge in [-0.3, -0.25) is 0 Å². The first-order valence-electron chi connectivity index (χ1n) is 16.1. The van der Waals surface area contributed by atoms with Gasteiger partial charge in [0.1, 0.15) is 0 Å². The lowest BCUT2D eigenvalue weighted by atomic mass is 9.92. The van der Waals surface area contributed by atoms with Crippen molar-refractivity contribution < 1.29 is 9.53 Å². The average Bonchev–Trinajstić information content (AvgIpc) is 2.86. The third kappa shape index (κ3) is 27.6. The molecular formula is C33H64O2. The van der Waals surface area contributed by atoms with Crippen molar-refractivity contribution >= 4 is 5.97 Å². The van der Waals surface area contributed by atoms with Crippen LogP contribution in [-0.4, -0.2) is 12.6 Å². The van der Waals surface area contributed by atoms with E-state index >= 15 is 0 Å². The van der Waals surface area contributed by atoms with Crippen molar-refractivity contribution in [3.8, 4) is 0 Å². The second-order valence-electron chi connectivity index (χ2n) is 11.0. The third-order valence-electron chi connectivity index (χ3n) is 7.43. The predicted octanol–water partition coefficient (Wildman–Crippen LogP) is 11.5. The zero-order valence-corrected chi connectivity index (χ0v) is 24.4. The van der Waals surface area contributed by atoms with Crippen LogP contribution in [0.1, 0.15) is 181 Å². The van der Waals surface area contributed by atoms with Crippen LogP contribution in [-0.2, 0) is 9.53 Å². The molecule has 0 saturated heterocycles. The molecule has 0 rings (SSSR count). The van der Waals surface area contributed by atoms with Crippen molar-refractivity contribution in [2.24, 2.45) is 5.92 Å². The SMILES string of the molecule is CCCCCCCCCCCCCCCC=CC(=O)OCCC(CCCCCC)CCCCCC. The molecule has 0 aliphatic rings. The fraction of sp³-hybridized carbons (Fsp3) is 0.909. The maximum atomic E-state index is 12.0. The molecule has 0 spiro atoms.